The minimum atomic E-state index is -0.524. The van der Waals surface area contributed by atoms with Crippen LogP contribution in [0.2, 0.25) is 0 Å². The molecule has 3 aromatic carbocycles. The van der Waals surface area contributed by atoms with Crippen molar-refractivity contribution in [3.05, 3.63) is 99.2 Å². The number of hydrogen-bond donors (Lipinski definition) is 0. The van der Waals surface area contributed by atoms with Gasteiger partial charge in [-0.15, -0.1) is 0 Å². The number of nitro groups is 1. The number of benzene rings is 3. The highest BCUT2D eigenvalue weighted by Crippen LogP contribution is 2.37. The van der Waals surface area contributed by atoms with E-state index in [0.717, 1.165) is 11.8 Å². The number of carbonyl (C=O) groups excluding carboxylic acids is 1. The van der Waals surface area contributed by atoms with Crippen LogP contribution in [0.15, 0.2) is 77.7 Å². The fraction of sp³-hybridized carbons (Fsp3) is 0.0833. The van der Waals surface area contributed by atoms with Crippen molar-refractivity contribution in [1.29, 1.82) is 0 Å². The predicted molar refractivity (Wildman–Crippen MR) is 133 cm³/mol. The average molecular weight is 497 g/mol. The third-order valence-corrected chi connectivity index (χ3v) is 6.02. The number of para-hydroxylation sites is 1. The number of ether oxygens (including phenoxy) is 2. The molecule has 0 radical (unpaired) electrons. The van der Waals surface area contributed by atoms with Crippen LogP contribution in [-0.4, -0.2) is 28.4 Å². The summed E-state index contributed by atoms with van der Waals surface area (Å²) in [5.41, 5.74) is 0.641. The molecule has 1 saturated heterocycles. The second kappa shape index (κ2) is 10.4. The van der Waals surface area contributed by atoms with Gasteiger partial charge in [-0.2, -0.15) is 0 Å². The molecule has 1 aliphatic rings. The van der Waals surface area contributed by atoms with Gasteiger partial charge in [0.25, 0.3) is 11.6 Å². The number of nitro benzene ring substituents is 1. The van der Waals surface area contributed by atoms with Crippen LogP contribution in [0, 0.1) is 15.9 Å². The van der Waals surface area contributed by atoms with Gasteiger partial charge < -0.3 is 9.47 Å². The van der Waals surface area contributed by atoms with E-state index in [-0.39, 0.29) is 28.1 Å². The summed E-state index contributed by atoms with van der Waals surface area (Å²) in [4.78, 5) is 25.3. The second-order valence-corrected chi connectivity index (χ2v) is 8.66. The predicted octanol–water partition coefficient (Wildman–Crippen LogP) is 5.60. The van der Waals surface area contributed by atoms with Crippen LogP contribution in [0.1, 0.15) is 5.56 Å². The number of nitrogens with zero attached hydrogens (tertiary/aromatic N) is 2. The molecular formula is C24H17FN2O5S2. The Morgan fingerprint density at radius 1 is 1.03 bits per heavy atom. The first kappa shape index (κ1) is 23.4. The molecule has 0 atom stereocenters. The number of halogens is 1. The molecule has 172 valence electrons. The minimum absolute atomic E-state index is 0.145. The van der Waals surface area contributed by atoms with Gasteiger partial charge in [-0.05, 0) is 48.5 Å². The zero-order valence-electron chi connectivity index (χ0n) is 17.5. The van der Waals surface area contributed by atoms with Gasteiger partial charge in [-0.25, -0.2) is 4.39 Å². The maximum atomic E-state index is 13.3. The summed E-state index contributed by atoms with van der Waals surface area (Å²) in [6.45, 7) is 0.442. The molecule has 1 amide bonds. The Morgan fingerprint density at radius 3 is 2.44 bits per heavy atom. The molecule has 1 fully saturated rings. The molecule has 0 spiro atoms. The first-order chi connectivity index (χ1) is 16.4. The molecule has 1 heterocycles. The highest BCUT2D eigenvalue weighted by molar-refractivity contribution is 8.27. The Hall–Kier alpha value is -3.76. The van der Waals surface area contributed by atoms with E-state index < -0.39 is 16.6 Å². The summed E-state index contributed by atoms with van der Waals surface area (Å²) in [6, 6.07) is 18.8. The van der Waals surface area contributed by atoms with Crippen molar-refractivity contribution in [3.8, 4) is 11.5 Å². The fourth-order valence-electron chi connectivity index (χ4n) is 3.14. The Morgan fingerprint density at radius 2 is 1.74 bits per heavy atom. The lowest BCUT2D eigenvalue weighted by atomic mass is 10.1. The van der Waals surface area contributed by atoms with Crippen LogP contribution in [0.3, 0.4) is 0 Å². The van der Waals surface area contributed by atoms with Gasteiger partial charge in [0.1, 0.15) is 30.5 Å². The van der Waals surface area contributed by atoms with Gasteiger partial charge >= 0.3 is 0 Å². The molecule has 34 heavy (non-hydrogen) atoms. The summed E-state index contributed by atoms with van der Waals surface area (Å²) in [5.74, 6) is 0.208. The number of amides is 1. The van der Waals surface area contributed by atoms with Gasteiger partial charge in [0.2, 0.25) is 0 Å². The Balaban J connectivity index is 1.55. The number of hydrogen-bond acceptors (Lipinski definition) is 7. The lowest BCUT2D eigenvalue weighted by molar-refractivity contribution is -0.384. The Labute approximate surface area is 203 Å². The van der Waals surface area contributed by atoms with Crippen LogP contribution < -0.4 is 14.4 Å². The fourth-order valence-corrected chi connectivity index (χ4v) is 4.43. The van der Waals surface area contributed by atoms with Crippen molar-refractivity contribution >= 4 is 51.7 Å². The molecule has 0 aliphatic carbocycles. The van der Waals surface area contributed by atoms with Crippen molar-refractivity contribution in [1.82, 2.24) is 0 Å². The SMILES string of the molecule is O=C1/C(=C\c2cc([N+](=O)[O-])ccc2OCCOc2ccccc2)SC(=S)N1c1ccc(F)cc1. The van der Waals surface area contributed by atoms with Crippen LogP contribution in [0.4, 0.5) is 15.8 Å². The number of thioether (sulfide) groups is 1. The van der Waals surface area contributed by atoms with Crippen LogP contribution >= 0.6 is 24.0 Å². The van der Waals surface area contributed by atoms with Crippen molar-refractivity contribution in [2.45, 2.75) is 0 Å². The Kier molecular flexibility index (Phi) is 7.19. The van der Waals surface area contributed by atoms with Crippen molar-refractivity contribution in [2.75, 3.05) is 18.1 Å². The van der Waals surface area contributed by atoms with E-state index in [0.29, 0.717) is 22.7 Å². The zero-order chi connectivity index (χ0) is 24.1. The van der Waals surface area contributed by atoms with Gasteiger partial charge in [0, 0.05) is 17.7 Å². The third-order valence-electron chi connectivity index (χ3n) is 4.72. The second-order valence-electron chi connectivity index (χ2n) is 6.98. The normalized spacial score (nSPS) is 14.5. The first-order valence-electron chi connectivity index (χ1n) is 10.0. The van der Waals surface area contributed by atoms with E-state index in [9.17, 15) is 19.3 Å². The largest absolute Gasteiger partial charge is 0.490 e. The van der Waals surface area contributed by atoms with Gasteiger partial charge in [-0.1, -0.05) is 42.2 Å². The number of thiocarbonyl (C=S) groups is 1. The summed E-state index contributed by atoms with van der Waals surface area (Å²) in [6.07, 6.45) is 1.50. The maximum Gasteiger partial charge on any atom is 0.270 e. The molecule has 0 N–H and O–H groups in total. The lowest BCUT2D eigenvalue weighted by Gasteiger charge is -2.14. The van der Waals surface area contributed by atoms with Gasteiger partial charge in [-0.3, -0.25) is 19.8 Å². The smallest absolute Gasteiger partial charge is 0.270 e. The summed E-state index contributed by atoms with van der Waals surface area (Å²) in [7, 11) is 0. The molecular weight excluding hydrogens is 479 g/mol. The van der Waals surface area contributed by atoms with Gasteiger partial charge in [0.05, 0.1) is 15.5 Å². The lowest BCUT2D eigenvalue weighted by Crippen LogP contribution is -2.27. The number of non-ortho nitro benzene ring substituents is 1. The highest BCUT2D eigenvalue weighted by Gasteiger charge is 2.33. The molecule has 1 aliphatic heterocycles. The van der Waals surface area contributed by atoms with E-state index >= 15 is 0 Å². The molecule has 10 heteroatoms. The van der Waals surface area contributed by atoms with Crippen LogP contribution in [0.5, 0.6) is 11.5 Å². The quantitative estimate of drug-likeness (QED) is 0.132. The topological polar surface area (TPSA) is 81.9 Å². The average Bonchev–Trinajstić information content (AvgIpc) is 3.11. The van der Waals surface area contributed by atoms with E-state index in [1.807, 2.05) is 30.3 Å². The van der Waals surface area contributed by atoms with Crippen molar-refractivity contribution in [2.24, 2.45) is 0 Å². The number of carbonyl (C=O) groups is 1. The molecule has 7 nitrogen and oxygen atoms in total. The number of rotatable bonds is 8. The minimum Gasteiger partial charge on any atom is -0.490 e. The van der Waals surface area contributed by atoms with Crippen LogP contribution in [0.25, 0.3) is 6.08 Å². The Bertz CT molecular complexity index is 1270. The van der Waals surface area contributed by atoms with Gasteiger partial charge in [0.15, 0.2) is 4.32 Å². The van der Waals surface area contributed by atoms with E-state index in [2.05, 4.69) is 0 Å². The van der Waals surface area contributed by atoms with E-state index in [1.165, 1.54) is 53.4 Å². The first-order valence-corrected chi connectivity index (χ1v) is 11.3. The van der Waals surface area contributed by atoms with Crippen molar-refractivity contribution in [3.63, 3.8) is 0 Å². The molecule has 0 saturated carbocycles. The van der Waals surface area contributed by atoms with Crippen molar-refractivity contribution < 1.29 is 23.6 Å². The molecule has 0 aromatic heterocycles. The summed E-state index contributed by atoms with van der Waals surface area (Å²) >= 11 is 6.38. The third kappa shape index (κ3) is 5.41. The summed E-state index contributed by atoms with van der Waals surface area (Å²) < 4.78 is 24.9. The number of anilines is 1. The zero-order valence-corrected chi connectivity index (χ0v) is 19.2. The highest BCUT2D eigenvalue weighted by atomic mass is 32.2. The maximum absolute atomic E-state index is 13.3. The molecule has 0 unspecified atom stereocenters. The van der Waals surface area contributed by atoms with E-state index in [4.69, 9.17) is 21.7 Å². The standard InChI is InChI=1S/C24H17FN2O5S2/c25-17-6-8-18(9-7-17)26-23(28)22(34-24(26)33)15-16-14-19(27(29)30)10-11-21(16)32-13-12-31-20-4-2-1-3-5-20/h1-11,14-15H,12-13H2/b22-15+. The molecule has 3 aromatic rings. The summed E-state index contributed by atoms with van der Waals surface area (Å²) in [5, 5.41) is 11.3. The van der Waals surface area contributed by atoms with Crippen LogP contribution in [-0.2, 0) is 4.79 Å². The van der Waals surface area contributed by atoms with E-state index in [1.54, 1.807) is 0 Å². The molecule has 4 rings (SSSR count). The monoisotopic (exact) mass is 496 g/mol. The molecule has 0 bridgehead atoms.